The van der Waals surface area contributed by atoms with Crippen molar-refractivity contribution in [1.82, 2.24) is 14.5 Å². The summed E-state index contributed by atoms with van der Waals surface area (Å²) >= 11 is 5.95. The lowest BCUT2D eigenvalue weighted by Gasteiger charge is -2.33. The molecule has 1 aliphatic heterocycles. The highest BCUT2D eigenvalue weighted by Crippen LogP contribution is 2.24. The third-order valence-corrected chi connectivity index (χ3v) is 4.86. The van der Waals surface area contributed by atoms with Gasteiger partial charge < -0.3 is 21.1 Å². The van der Waals surface area contributed by atoms with Gasteiger partial charge in [0.2, 0.25) is 0 Å². The minimum atomic E-state index is -0.994. The van der Waals surface area contributed by atoms with E-state index in [1.54, 1.807) is 29.2 Å². The van der Waals surface area contributed by atoms with E-state index in [9.17, 15) is 14.7 Å². The normalized spacial score (nSPS) is 18.1. The lowest BCUT2D eigenvalue weighted by atomic mass is 10.0. The first-order chi connectivity index (χ1) is 12.9. The quantitative estimate of drug-likeness (QED) is 0.674. The third-order valence-electron chi connectivity index (χ3n) is 4.61. The molecule has 27 heavy (non-hydrogen) atoms. The molecule has 142 valence electrons. The van der Waals surface area contributed by atoms with Gasteiger partial charge in [0, 0.05) is 24.3 Å². The summed E-state index contributed by atoms with van der Waals surface area (Å²) in [7, 11) is 0. The zero-order chi connectivity index (χ0) is 19.6. The highest BCUT2D eigenvalue weighted by Gasteiger charge is 2.32. The third kappa shape index (κ3) is 3.86. The van der Waals surface area contributed by atoms with Gasteiger partial charge in [0.05, 0.1) is 11.7 Å². The zero-order valence-corrected chi connectivity index (χ0v) is 15.3. The van der Waals surface area contributed by atoms with Crippen LogP contribution in [-0.4, -0.2) is 50.9 Å². The van der Waals surface area contributed by atoms with Crippen LogP contribution in [0.25, 0.3) is 0 Å². The summed E-state index contributed by atoms with van der Waals surface area (Å²) < 4.78 is 1.17. The van der Waals surface area contributed by atoms with Gasteiger partial charge in [-0.3, -0.25) is 14.2 Å². The van der Waals surface area contributed by atoms with E-state index in [-0.39, 0.29) is 23.8 Å². The SMILES string of the molecule is N=Cc1c(N)ncn(C(C(=O)N2CCCC(O)C2)c2ccc(Cl)cc2)c1=O. The number of aliphatic hydroxyl groups excluding tert-OH is 1. The van der Waals surface area contributed by atoms with Crippen LogP contribution in [0.5, 0.6) is 0 Å². The summed E-state index contributed by atoms with van der Waals surface area (Å²) in [6.45, 7) is 0.700. The molecule has 0 saturated carbocycles. The van der Waals surface area contributed by atoms with Gasteiger partial charge in [-0.1, -0.05) is 23.7 Å². The van der Waals surface area contributed by atoms with Gasteiger partial charge in [0.1, 0.15) is 18.2 Å². The van der Waals surface area contributed by atoms with Gasteiger partial charge in [-0.15, -0.1) is 0 Å². The van der Waals surface area contributed by atoms with Crippen LogP contribution >= 0.6 is 11.6 Å². The molecule has 1 aromatic carbocycles. The van der Waals surface area contributed by atoms with Crippen molar-refractivity contribution in [1.29, 1.82) is 5.41 Å². The lowest BCUT2D eigenvalue weighted by Crippen LogP contribution is -2.47. The van der Waals surface area contributed by atoms with E-state index >= 15 is 0 Å². The van der Waals surface area contributed by atoms with Crippen LogP contribution in [0.3, 0.4) is 0 Å². The van der Waals surface area contributed by atoms with E-state index in [2.05, 4.69) is 4.98 Å². The van der Waals surface area contributed by atoms with Crippen molar-refractivity contribution >= 4 is 29.5 Å². The topological polar surface area (TPSA) is 125 Å². The largest absolute Gasteiger partial charge is 0.391 e. The number of nitrogens with two attached hydrogens (primary N) is 1. The molecule has 2 heterocycles. The summed E-state index contributed by atoms with van der Waals surface area (Å²) in [4.78, 5) is 31.6. The van der Waals surface area contributed by atoms with Crippen LogP contribution in [0.1, 0.15) is 30.0 Å². The summed E-state index contributed by atoms with van der Waals surface area (Å²) in [6, 6.07) is 5.60. The number of halogens is 1. The molecule has 3 rings (SSSR count). The van der Waals surface area contributed by atoms with Gasteiger partial charge >= 0.3 is 0 Å². The fourth-order valence-corrected chi connectivity index (χ4v) is 3.34. The zero-order valence-electron chi connectivity index (χ0n) is 14.5. The summed E-state index contributed by atoms with van der Waals surface area (Å²) in [6.07, 6.45) is 2.77. The molecule has 2 atom stereocenters. The van der Waals surface area contributed by atoms with Crippen molar-refractivity contribution in [2.45, 2.75) is 25.0 Å². The van der Waals surface area contributed by atoms with E-state index < -0.39 is 17.7 Å². The van der Waals surface area contributed by atoms with Gasteiger partial charge in [0.15, 0.2) is 0 Å². The predicted octanol–water partition coefficient (Wildman–Crippen LogP) is 1.05. The molecule has 1 amide bonds. The molecule has 9 heteroatoms. The first kappa shape index (κ1) is 19.1. The number of aromatic nitrogens is 2. The number of hydrogen-bond acceptors (Lipinski definition) is 6. The van der Waals surface area contributed by atoms with Gasteiger partial charge in [-0.25, -0.2) is 4.98 Å². The van der Waals surface area contributed by atoms with Gasteiger partial charge in [0.25, 0.3) is 11.5 Å². The Morgan fingerprint density at radius 2 is 2.11 bits per heavy atom. The van der Waals surface area contributed by atoms with Crippen LogP contribution in [-0.2, 0) is 4.79 Å². The Kier molecular flexibility index (Phi) is 5.57. The summed E-state index contributed by atoms with van der Waals surface area (Å²) in [5, 5.41) is 17.8. The first-order valence-corrected chi connectivity index (χ1v) is 8.89. The van der Waals surface area contributed by atoms with E-state index in [0.717, 1.165) is 6.21 Å². The van der Waals surface area contributed by atoms with Crippen LogP contribution in [0.15, 0.2) is 35.4 Å². The van der Waals surface area contributed by atoms with Crippen molar-refractivity contribution in [3.05, 3.63) is 57.1 Å². The minimum absolute atomic E-state index is 0.0676. The maximum absolute atomic E-state index is 13.3. The Bertz CT molecular complexity index is 912. The molecule has 1 fully saturated rings. The number of anilines is 1. The Hall–Kier alpha value is -2.71. The number of rotatable bonds is 4. The van der Waals surface area contributed by atoms with Crippen molar-refractivity contribution in [3.63, 3.8) is 0 Å². The number of nitrogen functional groups attached to an aromatic ring is 1. The van der Waals surface area contributed by atoms with Crippen LogP contribution in [0.2, 0.25) is 5.02 Å². The lowest BCUT2D eigenvalue weighted by molar-refractivity contribution is -0.136. The second-order valence-corrected chi connectivity index (χ2v) is 6.87. The number of piperidine rings is 1. The number of amides is 1. The van der Waals surface area contributed by atoms with Crippen molar-refractivity contribution < 1.29 is 9.90 Å². The van der Waals surface area contributed by atoms with Crippen LogP contribution in [0.4, 0.5) is 5.82 Å². The van der Waals surface area contributed by atoms with E-state index in [0.29, 0.717) is 30.0 Å². The van der Waals surface area contributed by atoms with Crippen molar-refractivity contribution in [2.24, 2.45) is 0 Å². The molecular formula is C18H20ClN5O3. The number of β-amino-alcohol motifs (C(OH)–C–C–N with tert-alkyl or cyclic N) is 1. The predicted molar refractivity (Wildman–Crippen MR) is 102 cm³/mol. The molecule has 0 aliphatic carbocycles. The Labute approximate surface area is 160 Å². The maximum atomic E-state index is 13.3. The molecular weight excluding hydrogens is 370 g/mol. The number of nitrogens with zero attached hydrogens (tertiary/aromatic N) is 3. The Morgan fingerprint density at radius 1 is 1.41 bits per heavy atom. The number of aliphatic hydroxyl groups is 1. The molecule has 0 spiro atoms. The Morgan fingerprint density at radius 3 is 2.74 bits per heavy atom. The standard InChI is InChI=1S/C18H20ClN5O3/c19-12-5-3-11(4-6-12)15(18(27)23-7-1-2-13(25)9-23)24-10-22-16(21)14(8-20)17(24)26/h3-6,8,10,13,15,20,25H,1-2,7,9,21H2. The monoisotopic (exact) mass is 389 g/mol. The summed E-state index contributed by atoms with van der Waals surface area (Å²) in [5.41, 5.74) is 5.56. The molecule has 0 bridgehead atoms. The molecule has 1 aliphatic rings. The second kappa shape index (κ2) is 7.89. The van der Waals surface area contributed by atoms with E-state index in [1.807, 2.05) is 0 Å². The number of carbonyl (C=O) groups is 1. The molecule has 8 nitrogen and oxygen atoms in total. The fraction of sp³-hybridized carbons (Fsp3) is 0.333. The number of likely N-dealkylation sites (tertiary alicyclic amines) is 1. The van der Waals surface area contributed by atoms with E-state index in [4.69, 9.17) is 22.7 Å². The number of hydrogen-bond donors (Lipinski definition) is 3. The molecule has 1 aromatic heterocycles. The highest BCUT2D eigenvalue weighted by atomic mass is 35.5. The summed E-state index contributed by atoms with van der Waals surface area (Å²) in [5.74, 6) is -0.400. The van der Waals surface area contributed by atoms with E-state index in [1.165, 1.54) is 10.9 Å². The fourth-order valence-electron chi connectivity index (χ4n) is 3.21. The number of nitrogens with one attached hydrogen (secondary N) is 1. The number of carbonyl (C=O) groups excluding carboxylic acids is 1. The smallest absolute Gasteiger partial charge is 0.265 e. The second-order valence-electron chi connectivity index (χ2n) is 6.43. The number of benzene rings is 1. The van der Waals surface area contributed by atoms with Crippen molar-refractivity contribution in [2.75, 3.05) is 18.8 Å². The molecule has 2 unspecified atom stereocenters. The molecule has 2 aromatic rings. The van der Waals surface area contributed by atoms with Crippen molar-refractivity contribution in [3.8, 4) is 0 Å². The maximum Gasteiger partial charge on any atom is 0.265 e. The minimum Gasteiger partial charge on any atom is -0.391 e. The Balaban J connectivity index is 2.11. The van der Waals surface area contributed by atoms with Crippen LogP contribution < -0.4 is 11.3 Å². The first-order valence-electron chi connectivity index (χ1n) is 8.51. The highest BCUT2D eigenvalue weighted by molar-refractivity contribution is 6.30. The van der Waals surface area contributed by atoms with Gasteiger partial charge in [-0.05, 0) is 30.5 Å². The molecule has 1 saturated heterocycles. The van der Waals surface area contributed by atoms with Crippen LogP contribution in [0, 0.1) is 5.41 Å². The molecule has 0 radical (unpaired) electrons. The average Bonchev–Trinajstić information content (AvgIpc) is 2.65. The molecule has 4 N–H and O–H groups in total. The average molecular weight is 390 g/mol. The van der Waals surface area contributed by atoms with Gasteiger partial charge in [-0.2, -0.15) is 0 Å².